The number of nitrogens with zero attached hydrogens (tertiary/aromatic N) is 1. The average Bonchev–Trinajstić information content (AvgIpc) is 2.95. The van der Waals surface area contributed by atoms with Crippen LogP contribution in [0.3, 0.4) is 0 Å². The maximum absolute atomic E-state index is 3.48. The summed E-state index contributed by atoms with van der Waals surface area (Å²) in [6.45, 7) is 4.74. The number of thiophene rings is 1. The molecule has 2 fully saturated rings. The Labute approximate surface area is 118 Å². The molecule has 2 aliphatic rings. The molecule has 0 aliphatic carbocycles. The summed E-state index contributed by atoms with van der Waals surface area (Å²) in [5, 5.41) is 5.71. The number of thioether (sulfide) groups is 1. The molecule has 0 bridgehead atoms. The zero-order chi connectivity index (χ0) is 12.2. The van der Waals surface area contributed by atoms with Crippen molar-refractivity contribution in [2.24, 2.45) is 5.92 Å². The monoisotopic (exact) mass is 282 g/mol. The van der Waals surface area contributed by atoms with Crippen LogP contribution in [0.1, 0.15) is 23.8 Å². The van der Waals surface area contributed by atoms with Crippen LogP contribution >= 0.6 is 23.1 Å². The lowest BCUT2D eigenvalue weighted by atomic mass is 9.91. The van der Waals surface area contributed by atoms with Gasteiger partial charge in [-0.25, -0.2) is 0 Å². The highest BCUT2D eigenvalue weighted by Gasteiger charge is 2.31. The van der Waals surface area contributed by atoms with E-state index in [2.05, 4.69) is 39.5 Å². The van der Waals surface area contributed by atoms with Crippen molar-refractivity contribution in [3.63, 3.8) is 0 Å². The predicted octanol–water partition coefficient (Wildman–Crippen LogP) is 2.84. The average molecular weight is 282 g/mol. The van der Waals surface area contributed by atoms with Crippen LogP contribution in [0.15, 0.2) is 17.5 Å². The SMILES string of the molecule is c1csc([C@H](C2CCSCC2)N2CCNCC2)c1. The quantitative estimate of drug-likeness (QED) is 0.918. The lowest BCUT2D eigenvalue weighted by Crippen LogP contribution is -2.47. The molecule has 0 radical (unpaired) electrons. The molecule has 100 valence electrons. The Kier molecular flexibility index (Phi) is 4.63. The van der Waals surface area contributed by atoms with Gasteiger partial charge in [0.05, 0.1) is 0 Å². The summed E-state index contributed by atoms with van der Waals surface area (Å²) in [5.41, 5.74) is 0. The van der Waals surface area contributed by atoms with E-state index in [1.807, 2.05) is 11.3 Å². The lowest BCUT2D eigenvalue weighted by Gasteiger charge is -2.40. The minimum Gasteiger partial charge on any atom is -0.314 e. The molecule has 0 unspecified atom stereocenters. The Morgan fingerprint density at radius 3 is 2.67 bits per heavy atom. The minimum absolute atomic E-state index is 0.688. The largest absolute Gasteiger partial charge is 0.314 e. The molecule has 0 saturated carbocycles. The Balaban J connectivity index is 1.78. The molecule has 1 aromatic heterocycles. The molecule has 0 aromatic carbocycles. The Bertz CT molecular complexity index is 323. The van der Waals surface area contributed by atoms with Crippen molar-refractivity contribution < 1.29 is 0 Å². The Morgan fingerprint density at radius 1 is 1.22 bits per heavy atom. The first-order chi connectivity index (χ1) is 8.95. The van der Waals surface area contributed by atoms with Gasteiger partial charge in [-0.15, -0.1) is 11.3 Å². The van der Waals surface area contributed by atoms with Crippen molar-refractivity contribution in [1.29, 1.82) is 0 Å². The number of hydrogen-bond donors (Lipinski definition) is 1. The van der Waals surface area contributed by atoms with E-state index in [9.17, 15) is 0 Å². The van der Waals surface area contributed by atoms with Gasteiger partial charge in [0.25, 0.3) is 0 Å². The molecule has 4 heteroatoms. The third kappa shape index (κ3) is 2.93. The molecule has 2 nitrogen and oxygen atoms in total. The van der Waals surface area contributed by atoms with Crippen LogP contribution in [-0.4, -0.2) is 42.6 Å². The van der Waals surface area contributed by atoms with Gasteiger partial charge in [0.15, 0.2) is 0 Å². The van der Waals surface area contributed by atoms with Crippen LogP contribution in [-0.2, 0) is 0 Å². The normalized spacial score (nSPS) is 25.1. The third-order valence-corrected chi connectivity index (χ3v) is 6.08. The second-order valence-electron chi connectivity index (χ2n) is 5.20. The fourth-order valence-corrected chi connectivity index (χ4v) is 5.26. The van der Waals surface area contributed by atoms with Crippen molar-refractivity contribution in [3.05, 3.63) is 22.4 Å². The summed E-state index contributed by atoms with van der Waals surface area (Å²) in [7, 11) is 0. The lowest BCUT2D eigenvalue weighted by molar-refractivity contribution is 0.121. The molecule has 2 aliphatic heterocycles. The van der Waals surface area contributed by atoms with Gasteiger partial charge < -0.3 is 5.32 Å². The summed E-state index contributed by atoms with van der Waals surface area (Å²) in [6.07, 6.45) is 2.80. The van der Waals surface area contributed by atoms with Gasteiger partial charge >= 0.3 is 0 Å². The first kappa shape index (κ1) is 13.0. The van der Waals surface area contributed by atoms with Crippen molar-refractivity contribution in [2.45, 2.75) is 18.9 Å². The van der Waals surface area contributed by atoms with E-state index in [-0.39, 0.29) is 0 Å². The molecule has 3 rings (SSSR count). The Morgan fingerprint density at radius 2 is 2.00 bits per heavy atom. The second kappa shape index (κ2) is 6.42. The van der Waals surface area contributed by atoms with E-state index in [0.717, 1.165) is 19.0 Å². The minimum atomic E-state index is 0.688. The van der Waals surface area contributed by atoms with E-state index in [4.69, 9.17) is 0 Å². The van der Waals surface area contributed by atoms with E-state index in [1.165, 1.54) is 37.4 Å². The van der Waals surface area contributed by atoms with Crippen LogP contribution in [0.4, 0.5) is 0 Å². The molecule has 1 N–H and O–H groups in total. The fraction of sp³-hybridized carbons (Fsp3) is 0.714. The molecule has 2 saturated heterocycles. The number of nitrogens with one attached hydrogen (secondary N) is 1. The molecule has 3 heterocycles. The first-order valence-electron chi connectivity index (χ1n) is 7.01. The number of piperazine rings is 1. The molecular formula is C14H22N2S2. The maximum atomic E-state index is 3.48. The van der Waals surface area contributed by atoms with Gasteiger partial charge in [-0.1, -0.05) is 6.07 Å². The molecule has 0 amide bonds. The highest BCUT2D eigenvalue weighted by molar-refractivity contribution is 7.99. The predicted molar refractivity (Wildman–Crippen MR) is 81.6 cm³/mol. The molecule has 18 heavy (non-hydrogen) atoms. The van der Waals surface area contributed by atoms with E-state index < -0.39 is 0 Å². The Hall–Kier alpha value is -0.0300. The summed E-state index contributed by atoms with van der Waals surface area (Å²) >= 11 is 4.08. The molecular weight excluding hydrogens is 260 g/mol. The molecule has 1 atom stereocenters. The summed E-state index contributed by atoms with van der Waals surface area (Å²) in [6, 6.07) is 5.25. The van der Waals surface area contributed by atoms with Crippen LogP contribution < -0.4 is 5.32 Å². The van der Waals surface area contributed by atoms with Crippen molar-refractivity contribution in [3.8, 4) is 0 Å². The van der Waals surface area contributed by atoms with Gasteiger partial charge in [-0.3, -0.25) is 4.90 Å². The first-order valence-corrected chi connectivity index (χ1v) is 9.04. The van der Waals surface area contributed by atoms with Gasteiger partial charge in [0.2, 0.25) is 0 Å². The number of hydrogen-bond acceptors (Lipinski definition) is 4. The van der Waals surface area contributed by atoms with Gasteiger partial charge in [-0.2, -0.15) is 11.8 Å². The third-order valence-electron chi connectivity index (χ3n) is 4.09. The molecule has 0 spiro atoms. The zero-order valence-corrected chi connectivity index (χ0v) is 12.4. The van der Waals surface area contributed by atoms with E-state index in [0.29, 0.717) is 6.04 Å². The summed E-state index contributed by atoms with van der Waals surface area (Å²) < 4.78 is 0. The summed E-state index contributed by atoms with van der Waals surface area (Å²) in [5.74, 6) is 3.60. The standard InChI is InChI=1S/C14H22N2S2/c1-2-13(18-9-1)14(12-3-10-17-11-4-12)16-7-5-15-6-8-16/h1-2,9,12,14-15H,3-8,10-11H2/t14-/m0/s1. The van der Waals surface area contributed by atoms with Crippen molar-refractivity contribution >= 4 is 23.1 Å². The van der Waals surface area contributed by atoms with Crippen molar-refractivity contribution in [2.75, 3.05) is 37.7 Å². The topological polar surface area (TPSA) is 15.3 Å². The highest BCUT2D eigenvalue weighted by atomic mass is 32.2. The molecule has 1 aromatic rings. The van der Waals surface area contributed by atoms with E-state index >= 15 is 0 Å². The fourth-order valence-electron chi connectivity index (χ4n) is 3.16. The number of rotatable bonds is 3. The summed E-state index contributed by atoms with van der Waals surface area (Å²) in [4.78, 5) is 4.32. The van der Waals surface area contributed by atoms with Crippen LogP contribution in [0.25, 0.3) is 0 Å². The van der Waals surface area contributed by atoms with Crippen molar-refractivity contribution in [1.82, 2.24) is 10.2 Å². The van der Waals surface area contributed by atoms with E-state index in [1.54, 1.807) is 4.88 Å². The smallest absolute Gasteiger partial charge is 0.0471 e. The van der Waals surface area contributed by atoms with Gasteiger partial charge in [0, 0.05) is 37.1 Å². The highest BCUT2D eigenvalue weighted by Crippen LogP contribution is 2.39. The van der Waals surface area contributed by atoms with Crippen LogP contribution in [0.5, 0.6) is 0 Å². The van der Waals surface area contributed by atoms with Crippen LogP contribution in [0, 0.1) is 5.92 Å². The second-order valence-corrected chi connectivity index (χ2v) is 7.40. The van der Waals surface area contributed by atoms with Gasteiger partial charge in [-0.05, 0) is 41.7 Å². The zero-order valence-electron chi connectivity index (χ0n) is 10.8. The maximum Gasteiger partial charge on any atom is 0.0471 e. The van der Waals surface area contributed by atoms with Gasteiger partial charge in [0.1, 0.15) is 0 Å². The van der Waals surface area contributed by atoms with Crippen LogP contribution in [0.2, 0.25) is 0 Å².